The molecule has 110 valence electrons. The molecular weight excluding hydrogens is 303 g/mol. The number of benzene rings is 1. The van der Waals surface area contributed by atoms with E-state index in [4.69, 9.17) is 33.7 Å². The first-order valence-corrected chi connectivity index (χ1v) is 7.22. The fourth-order valence-corrected chi connectivity index (χ4v) is 2.71. The van der Waals surface area contributed by atoms with E-state index in [9.17, 15) is 10.1 Å². The summed E-state index contributed by atoms with van der Waals surface area (Å²) in [6, 6.07) is 2.57. The molecule has 2 rings (SSSR count). The Hall–Kier alpha value is -1.04. The largest absolute Gasteiger partial charge is 0.485 e. The lowest BCUT2D eigenvalue weighted by atomic mass is 9.83. The van der Waals surface area contributed by atoms with Gasteiger partial charge in [-0.25, -0.2) is 0 Å². The van der Waals surface area contributed by atoms with Crippen molar-refractivity contribution in [3.8, 4) is 5.75 Å². The number of nitrogens with zero attached hydrogens (tertiary/aromatic N) is 1. The quantitative estimate of drug-likeness (QED) is 0.673. The Bertz CT molecular complexity index is 517. The van der Waals surface area contributed by atoms with Crippen molar-refractivity contribution in [3.05, 3.63) is 32.3 Å². The van der Waals surface area contributed by atoms with Crippen molar-refractivity contribution in [2.75, 3.05) is 6.61 Å². The van der Waals surface area contributed by atoms with Gasteiger partial charge < -0.3 is 10.5 Å². The van der Waals surface area contributed by atoms with Gasteiger partial charge in [-0.05, 0) is 12.8 Å². The number of nitro benzene ring substituents is 1. The minimum absolute atomic E-state index is 0.111. The maximum absolute atomic E-state index is 11.0. The van der Waals surface area contributed by atoms with E-state index in [-0.39, 0.29) is 28.1 Å². The third kappa shape index (κ3) is 3.53. The van der Waals surface area contributed by atoms with Gasteiger partial charge in [-0.3, -0.25) is 10.1 Å². The van der Waals surface area contributed by atoms with Crippen LogP contribution in [0.3, 0.4) is 0 Å². The van der Waals surface area contributed by atoms with Crippen LogP contribution in [0.1, 0.15) is 32.1 Å². The molecule has 0 atom stereocenters. The zero-order chi connectivity index (χ0) is 14.8. The van der Waals surface area contributed by atoms with Crippen LogP contribution in [-0.2, 0) is 0 Å². The van der Waals surface area contributed by atoms with Crippen molar-refractivity contribution in [1.29, 1.82) is 0 Å². The lowest BCUT2D eigenvalue weighted by Gasteiger charge is -2.32. The summed E-state index contributed by atoms with van der Waals surface area (Å²) in [5, 5.41) is 11.4. The fourth-order valence-electron chi connectivity index (χ4n) is 2.40. The van der Waals surface area contributed by atoms with E-state index < -0.39 is 10.5 Å². The minimum atomic E-state index is -0.540. The molecule has 1 aromatic carbocycles. The van der Waals surface area contributed by atoms with E-state index in [0.29, 0.717) is 0 Å². The van der Waals surface area contributed by atoms with Crippen LogP contribution in [0.15, 0.2) is 12.1 Å². The average Bonchev–Trinajstić information content (AvgIpc) is 2.40. The fraction of sp³-hybridized carbons (Fsp3) is 0.538. The normalized spacial score (nSPS) is 17.8. The number of ether oxygens (including phenoxy) is 1. The summed E-state index contributed by atoms with van der Waals surface area (Å²) in [7, 11) is 0. The molecule has 5 nitrogen and oxygen atoms in total. The summed E-state index contributed by atoms with van der Waals surface area (Å²) < 4.78 is 5.57. The molecule has 1 saturated carbocycles. The molecule has 0 saturated heterocycles. The average molecular weight is 319 g/mol. The number of nitro groups is 1. The van der Waals surface area contributed by atoms with Crippen molar-refractivity contribution < 1.29 is 9.66 Å². The van der Waals surface area contributed by atoms with Crippen LogP contribution >= 0.6 is 23.2 Å². The number of rotatable bonds is 4. The summed E-state index contributed by atoms with van der Waals surface area (Å²) in [4.78, 5) is 10.5. The maximum atomic E-state index is 11.0. The van der Waals surface area contributed by atoms with E-state index in [0.717, 1.165) is 25.7 Å². The van der Waals surface area contributed by atoms with E-state index in [1.54, 1.807) is 0 Å². The van der Waals surface area contributed by atoms with Crippen molar-refractivity contribution in [3.63, 3.8) is 0 Å². The molecule has 1 aliphatic rings. The van der Waals surface area contributed by atoms with Gasteiger partial charge in [0.1, 0.15) is 6.61 Å². The van der Waals surface area contributed by atoms with E-state index in [1.807, 2.05) is 0 Å². The Balaban J connectivity index is 2.16. The minimum Gasteiger partial charge on any atom is -0.485 e. The molecule has 0 aromatic heterocycles. The van der Waals surface area contributed by atoms with Crippen LogP contribution in [-0.4, -0.2) is 17.1 Å². The Labute approximate surface area is 127 Å². The van der Waals surface area contributed by atoms with Gasteiger partial charge in [-0.2, -0.15) is 0 Å². The summed E-state index contributed by atoms with van der Waals surface area (Å²) in [5.41, 5.74) is 5.63. The maximum Gasteiger partial charge on any atom is 0.312 e. The third-order valence-electron chi connectivity index (χ3n) is 3.56. The van der Waals surface area contributed by atoms with Crippen molar-refractivity contribution in [2.45, 2.75) is 37.6 Å². The Morgan fingerprint density at radius 3 is 2.45 bits per heavy atom. The molecule has 1 aromatic rings. The summed E-state index contributed by atoms with van der Waals surface area (Å²) in [5.74, 6) is 0.111. The van der Waals surface area contributed by atoms with Gasteiger partial charge in [0.15, 0.2) is 5.75 Å². The van der Waals surface area contributed by atoms with Gasteiger partial charge >= 0.3 is 5.69 Å². The Morgan fingerprint density at radius 2 is 1.85 bits per heavy atom. The van der Waals surface area contributed by atoms with Gasteiger partial charge in [0, 0.05) is 12.1 Å². The first-order valence-electron chi connectivity index (χ1n) is 6.46. The zero-order valence-electron chi connectivity index (χ0n) is 10.9. The first kappa shape index (κ1) is 15.4. The number of nitrogens with two attached hydrogens (primary N) is 1. The van der Waals surface area contributed by atoms with Crippen LogP contribution in [0.25, 0.3) is 0 Å². The molecule has 20 heavy (non-hydrogen) atoms. The molecule has 7 heteroatoms. The molecule has 0 spiro atoms. The molecule has 0 aliphatic heterocycles. The number of halogens is 2. The zero-order valence-corrected chi connectivity index (χ0v) is 12.4. The topological polar surface area (TPSA) is 78.4 Å². The predicted molar refractivity (Wildman–Crippen MR) is 78.6 cm³/mol. The van der Waals surface area contributed by atoms with Crippen LogP contribution in [0.4, 0.5) is 5.69 Å². The molecule has 1 aliphatic carbocycles. The third-order valence-corrected chi connectivity index (χ3v) is 4.29. The summed E-state index contributed by atoms with van der Waals surface area (Å²) in [6.45, 7) is 0.242. The second kappa shape index (κ2) is 6.16. The highest BCUT2D eigenvalue weighted by atomic mass is 35.5. The second-order valence-electron chi connectivity index (χ2n) is 5.20. The highest BCUT2D eigenvalue weighted by molar-refractivity contribution is 6.42. The molecule has 0 unspecified atom stereocenters. The number of hydrogen-bond acceptors (Lipinski definition) is 4. The van der Waals surface area contributed by atoms with Gasteiger partial charge in [-0.15, -0.1) is 0 Å². The van der Waals surface area contributed by atoms with E-state index >= 15 is 0 Å². The lowest BCUT2D eigenvalue weighted by molar-refractivity contribution is -0.385. The summed E-state index contributed by atoms with van der Waals surface area (Å²) >= 11 is 11.7. The second-order valence-corrected chi connectivity index (χ2v) is 6.02. The molecule has 1 fully saturated rings. The highest BCUT2D eigenvalue weighted by Crippen LogP contribution is 2.36. The van der Waals surface area contributed by atoms with Crippen molar-refractivity contribution in [2.24, 2.45) is 5.73 Å². The van der Waals surface area contributed by atoms with E-state index in [2.05, 4.69) is 0 Å². The molecule has 0 amide bonds. The molecule has 0 heterocycles. The van der Waals surface area contributed by atoms with Crippen LogP contribution in [0, 0.1) is 10.1 Å². The molecular formula is C13H16Cl2N2O3. The van der Waals surface area contributed by atoms with Gasteiger partial charge in [0.2, 0.25) is 0 Å². The first-order chi connectivity index (χ1) is 9.41. The predicted octanol–water partition coefficient (Wildman–Crippen LogP) is 3.94. The molecule has 0 bridgehead atoms. The molecule has 0 radical (unpaired) electrons. The van der Waals surface area contributed by atoms with Crippen LogP contribution < -0.4 is 10.5 Å². The van der Waals surface area contributed by atoms with Crippen molar-refractivity contribution in [1.82, 2.24) is 0 Å². The SMILES string of the molecule is NC1(COc2cc(Cl)c(Cl)cc2[N+](=O)[O-])CCCCC1. The van der Waals surface area contributed by atoms with E-state index in [1.165, 1.54) is 18.6 Å². The smallest absolute Gasteiger partial charge is 0.312 e. The van der Waals surface area contributed by atoms with Crippen LogP contribution in [0.5, 0.6) is 5.75 Å². The Kier molecular flexibility index (Phi) is 4.73. The number of hydrogen-bond donors (Lipinski definition) is 1. The highest BCUT2D eigenvalue weighted by Gasteiger charge is 2.29. The summed E-state index contributed by atoms with van der Waals surface area (Å²) in [6.07, 6.45) is 5.02. The molecule has 2 N–H and O–H groups in total. The van der Waals surface area contributed by atoms with Crippen molar-refractivity contribution >= 4 is 28.9 Å². The standard InChI is InChI=1S/C13H16Cl2N2O3/c14-9-6-11(17(18)19)12(7-10(9)15)20-8-13(16)4-2-1-3-5-13/h6-7H,1-5,8,16H2. The Morgan fingerprint density at radius 1 is 1.25 bits per heavy atom. The lowest BCUT2D eigenvalue weighted by Crippen LogP contribution is -2.47. The van der Waals surface area contributed by atoms with Crippen LogP contribution in [0.2, 0.25) is 10.0 Å². The van der Waals surface area contributed by atoms with Gasteiger partial charge in [0.25, 0.3) is 0 Å². The van der Waals surface area contributed by atoms with Gasteiger partial charge in [-0.1, -0.05) is 42.5 Å². The monoisotopic (exact) mass is 318 g/mol. The van der Waals surface area contributed by atoms with Gasteiger partial charge in [0.05, 0.1) is 20.5 Å².